The molecule has 1 atom stereocenters. The third-order valence-corrected chi connectivity index (χ3v) is 6.15. The van der Waals surface area contributed by atoms with Gasteiger partial charge in [0.15, 0.2) is 11.5 Å². The molecule has 5 heterocycles. The van der Waals surface area contributed by atoms with Gasteiger partial charge in [0.2, 0.25) is 11.8 Å². The van der Waals surface area contributed by atoms with Crippen LogP contribution in [0.2, 0.25) is 0 Å². The van der Waals surface area contributed by atoms with E-state index in [-0.39, 0.29) is 34.2 Å². The van der Waals surface area contributed by atoms with Crippen molar-refractivity contribution < 1.29 is 31.9 Å². The Labute approximate surface area is 204 Å². The van der Waals surface area contributed by atoms with E-state index in [1.807, 2.05) is 6.92 Å². The molecule has 4 aromatic heterocycles. The molecule has 5 rings (SSSR count). The summed E-state index contributed by atoms with van der Waals surface area (Å²) in [7, 11) is 0. The van der Waals surface area contributed by atoms with Crippen molar-refractivity contribution in [2.24, 2.45) is 0 Å². The molecule has 192 valence electrons. The van der Waals surface area contributed by atoms with Crippen LogP contribution >= 0.6 is 0 Å². The molecular formula is C22H17F5N8O2. The maximum absolute atomic E-state index is 13.5. The number of nitrogens with one attached hydrogen (secondary N) is 1. The molecule has 4 aromatic rings. The summed E-state index contributed by atoms with van der Waals surface area (Å²) in [6.07, 6.45) is -4.16. The highest BCUT2D eigenvalue weighted by molar-refractivity contribution is 6.08. The molecule has 0 radical (unpaired) electrons. The summed E-state index contributed by atoms with van der Waals surface area (Å²) in [5, 5.41) is 17.3. The van der Waals surface area contributed by atoms with Crippen molar-refractivity contribution in [1.82, 2.24) is 34.5 Å². The Morgan fingerprint density at radius 2 is 1.86 bits per heavy atom. The van der Waals surface area contributed by atoms with Gasteiger partial charge < -0.3 is 10.4 Å². The van der Waals surface area contributed by atoms with Gasteiger partial charge in [0.1, 0.15) is 23.3 Å². The Morgan fingerprint density at radius 3 is 2.54 bits per heavy atom. The Kier molecular flexibility index (Phi) is 5.35. The first kappa shape index (κ1) is 24.4. The van der Waals surface area contributed by atoms with Crippen LogP contribution < -0.4 is 5.32 Å². The Balaban J connectivity index is 1.57. The molecule has 0 aliphatic carbocycles. The maximum Gasteiger partial charge on any atom is 0.453 e. The van der Waals surface area contributed by atoms with E-state index in [4.69, 9.17) is 0 Å². The van der Waals surface area contributed by atoms with E-state index in [0.717, 1.165) is 16.4 Å². The highest BCUT2D eigenvalue weighted by atomic mass is 19.4. The first-order chi connectivity index (χ1) is 17.3. The van der Waals surface area contributed by atoms with E-state index in [1.165, 1.54) is 6.20 Å². The minimum atomic E-state index is -5.72. The van der Waals surface area contributed by atoms with Gasteiger partial charge in [0.05, 0.1) is 23.1 Å². The summed E-state index contributed by atoms with van der Waals surface area (Å²) in [4.78, 5) is 33.6. The minimum absolute atomic E-state index is 0.0250. The Hall–Kier alpha value is -4.30. The van der Waals surface area contributed by atoms with Crippen LogP contribution in [0.1, 0.15) is 35.9 Å². The number of pyridine rings is 1. The number of halogens is 5. The third kappa shape index (κ3) is 3.90. The molecular weight excluding hydrogens is 503 g/mol. The zero-order valence-corrected chi connectivity index (χ0v) is 19.2. The molecule has 0 spiro atoms. The van der Waals surface area contributed by atoms with Gasteiger partial charge >= 0.3 is 12.1 Å². The van der Waals surface area contributed by atoms with Gasteiger partial charge in [-0.05, 0) is 31.9 Å². The normalized spacial score (nSPS) is 17.8. The number of carbonyl (C=O) groups is 1. The summed E-state index contributed by atoms with van der Waals surface area (Å²) in [5.74, 6) is -6.27. The van der Waals surface area contributed by atoms with Crippen molar-refractivity contribution in [2.75, 3.05) is 5.32 Å². The highest BCUT2D eigenvalue weighted by Gasteiger charge is 2.56. The molecule has 10 nitrogen and oxygen atoms in total. The lowest BCUT2D eigenvalue weighted by atomic mass is 9.81. The van der Waals surface area contributed by atoms with Crippen molar-refractivity contribution in [3.63, 3.8) is 0 Å². The molecule has 0 aromatic carbocycles. The fourth-order valence-electron chi connectivity index (χ4n) is 4.05. The third-order valence-electron chi connectivity index (χ3n) is 6.15. The van der Waals surface area contributed by atoms with Crippen molar-refractivity contribution in [1.29, 1.82) is 0 Å². The van der Waals surface area contributed by atoms with Crippen molar-refractivity contribution in [3.8, 4) is 17.4 Å². The van der Waals surface area contributed by atoms with Crippen molar-refractivity contribution in [2.45, 2.75) is 44.2 Å². The number of alkyl halides is 5. The van der Waals surface area contributed by atoms with Gasteiger partial charge in [-0.2, -0.15) is 32.0 Å². The fourth-order valence-corrected chi connectivity index (χ4v) is 4.05. The van der Waals surface area contributed by atoms with Gasteiger partial charge in [0, 0.05) is 12.6 Å². The lowest BCUT2D eigenvalue weighted by Crippen LogP contribution is -2.36. The molecule has 1 aliphatic heterocycles. The number of rotatable bonds is 5. The lowest BCUT2D eigenvalue weighted by Gasteiger charge is -2.21. The summed E-state index contributed by atoms with van der Waals surface area (Å²) in [6, 6.07) is 3.40. The quantitative estimate of drug-likeness (QED) is 0.383. The molecule has 1 amide bonds. The number of carbonyl (C=O) groups excluding carboxylic acids is 1. The molecule has 1 aliphatic rings. The van der Waals surface area contributed by atoms with E-state index >= 15 is 0 Å². The molecule has 2 N–H and O–H groups in total. The van der Waals surface area contributed by atoms with Crippen LogP contribution in [0.4, 0.5) is 27.8 Å². The number of aryl methyl sites for hydroxylation is 2. The number of hydrogen-bond donors (Lipinski definition) is 2. The first-order valence-corrected chi connectivity index (χ1v) is 10.8. The van der Waals surface area contributed by atoms with Crippen LogP contribution in [0, 0.1) is 6.92 Å². The van der Waals surface area contributed by atoms with Crippen LogP contribution in [0.15, 0.2) is 30.9 Å². The lowest BCUT2D eigenvalue weighted by molar-refractivity contribution is -0.284. The minimum Gasteiger partial charge on any atom is -0.493 e. The van der Waals surface area contributed by atoms with Crippen LogP contribution in [0.5, 0.6) is 5.88 Å². The van der Waals surface area contributed by atoms with Crippen LogP contribution in [-0.2, 0) is 16.6 Å². The first-order valence-electron chi connectivity index (χ1n) is 10.8. The van der Waals surface area contributed by atoms with Crippen LogP contribution in [0.3, 0.4) is 0 Å². The van der Waals surface area contributed by atoms with E-state index < -0.39 is 42.1 Å². The van der Waals surface area contributed by atoms with Gasteiger partial charge in [0.25, 0.3) is 0 Å². The Bertz CT molecular complexity index is 1540. The summed E-state index contributed by atoms with van der Waals surface area (Å²) < 4.78 is 66.2. The van der Waals surface area contributed by atoms with Gasteiger partial charge in [-0.25, -0.2) is 19.5 Å². The van der Waals surface area contributed by atoms with Crippen molar-refractivity contribution >= 4 is 17.4 Å². The number of hydrogen-bond acceptors (Lipinski definition) is 8. The van der Waals surface area contributed by atoms with Crippen LogP contribution in [0.25, 0.3) is 17.2 Å². The summed E-state index contributed by atoms with van der Waals surface area (Å²) in [6.45, 7) is 3.37. The van der Waals surface area contributed by atoms with E-state index in [1.54, 1.807) is 25.3 Å². The molecule has 15 heteroatoms. The Morgan fingerprint density at radius 1 is 1.11 bits per heavy atom. The predicted molar refractivity (Wildman–Crippen MR) is 117 cm³/mol. The second-order valence-corrected chi connectivity index (χ2v) is 8.70. The molecule has 1 unspecified atom stereocenters. The molecule has 0 bridgehead atoms. The van der Waals surface area contributed by atoms with Crippen molar-refractivity contribution in [3.05, 3.63) is 53.4 Å². The molecule has 0 saturated carbocycles. The smallest absolute Gasteiger partial charge is 0.453 e. The SMILES string of the molecule is Cc1ccc(C2(C)C(=O)Nc3nc(-c4cn5ncnc5c(CCC(F)(F)C(F)(F)F)n4)nc(O)c32)nc1. The van der Waals surface area contributed by atoms with Gasteiger partial charge in [-0.1, -0.05) is 6.07 Å². The standard InChI is InChI=1S/C22H17F5N8O2/c1-10-3-4-13(28-7-10)20(2)14-16(34-19(20)37)32-15(33-18(14)36)12-8-35-17(29-9-30-35)11(31-12)5-6-21(23,24)22(25,26)27/h3-4,7-9H,5-6H2,1-2H3,(H2,32,33,34,36,37). The van der Waals surface area contributed by atoms with Crippen LogP contribution in [-0.4, -0.2) is 57.6 Å². The molecule has 0 saturated heterocycles. The number of fused-ring (bicyclic) bond motifs is 2. The zero-order chi connectivity index (χ0) is 26.8. The summed E-state index contributed by atoms with van der Waals surface area (Å²) >= 11 is 0. The monoisotopic (exact) mass is 520 g/mol. The number of nitrogens with zero attached hydrogens (tertiary/aromatic N) is 7. The second-order valence-electron chi connectivity index (χ2n) is 8.70. The number of aromatic nitrogens is 7. The largest absolute Gasteiger partial charge is 0.493 e. The predicted octanol–water partition coefficient (Wildman–Crippen LogP) is 3.38. The fraction of sp³-hybridized carbons (Fsp3) is 0.318. The second kappa shape index (κ2) is 8.11. The van der Waals surface area contributed by atoms with Gasteiger partial charge in [-0.15, -0.1) is 0 Å². The average Bonchev–Trinajstić information content (AvgIpc) is 3.40. The number of anilines is 1. The molecule has 37 heavy (non-hydrogen) atoms. The maximum atomic E-state index is 13.5. The van der Waals surface area contributed by atoms with E-state index in [2.05, 4.69) is 35.3 Å². The zero-order valence-electron chi connectivity index (χ0n) is 19.2. The van der Waals surface area contributed by atoms with E-state index in [9.17, 15) is 31.9 Å². The number of aromatic hydroxyl groups is 1. The number of amides is 1. The highest BCUT2D eigenvalue weighted by Crippen LogP contribution is 2.45. The average molecular weight is 520 g/mol. The topological polar surface area (TPSA) is 131 Å². The molecule has 0 fully saturated rings. The summed E-state index contributed by atoms with van der Waals surface area (Å²) in [5.41, 5.74) is -0.472. The van der Waals surface area contributed by atoms with E-state index in [0.29, 0.717) is 5.69 Å². The van der Waals surface area contributed by atoms with Gasteiger partial charge in [-0.3, -0.25) is 9.78 Å².